The Morgan fingerprint density at radius 1 is 0.186 bits per heavy atom. The third kappa shape index (κ3) is 125. The molecular formula is C102H172O43. The van der Waals surface area contributed by atoms with Gasteiger partial charge in [-0.05, 0) is 73.1 Å². The number of aliphatic hydroxyl groups excluding tert-OH is 3. The zero-order valence-corrected chi connectivity index (χ0v) is 88.0. The van der Waals surface area contributed by atoms with E-state index in [0.29, 0.717) is 342 Å². The van der Waals surface area contributed by atoms with Crippen molar-refractivity contribution in [3.8, 4) is 5.75 Å². The van der Waals surface area contributed by atoms with Crippen molar-refractivity contribution in [2.24, 2.45) is 0 Å². The molecule has 0 saturated heterocycles. The minimum absolute atomic E-state index is 0.0101. The Morgan fingerprint density at radius 2 is 0.324 bits per heavy atom. The topological polar surface area (TPSA) is 493 Å². The first kappa shape index (κ1) is 147. The molecule has 0 aromatic heterocycles. The zero-order chi connectivity index (χ0) is 109. The number of rotatable bonds is 89. The second-order valence-electron chi connectivity index (χ2n) is 28.8. The van der Waals surface area contributed by atoms with Gasteiger partial charge in [-0.1, -0.05) is 101 Å². The summed E-state index contributed by atoms with van der Waals surface area (Å²) in [7, 11) is 4.89. The minimum atomic E-state index is -0.407. The lowest BCUT2D eigenvalue weighted by molar-refractivity contribution is -0.141. The molecule has 0 amide bonds. The summed E-state index contributed by atoms with van der Waals surface area (Å²) in [5.41, 5.74) is 4.08. The average molecular weight is 2090 g/mol. The molecule has 0 unspecified atom stereocenters. The van der Waals surface area contributed by atoms with Crippen molar-refractivity contribution in [3.05, 3.63) is 163 Å². The highest BCUT2D eigenvalue weighted by molar-refractivity contribution is 5.89. The van der Waals surface area contributed by atoms with E-state index in [2.05, 4.69) is 52.6 Å². The van der Waals surface area contributed by atoms with Gasteiger partial charge in [-0.15, -0.1) is 0 Å². The van der Waals surface area contributed by atoms with Crippen LogP contribution in [0.25, 0.3) is 0 Å². The Morgan fingerprint density at radius 3 is 0.483 bits per heavy atom. The Bertz CT molecular complexity index is 3440. The molecule has 838 valence electrons. The molecule has 0 atom stereocenters. The molecule has 145 heavy (non-hydrogen) atoms. The van der Waals surface area contributed by atoms with Crippen LogP contribution in [0.1, 0.15) is 61.0 Å². The molecule has 0 aliphatic carbocycles. The molecule has 0 fully saturated rings. The van der Waals surface area contributed by atoms with Gasteiger partial charge in [0.1, 0.15) is 65.2 Å². The lowest BCUT2D eigenvalue weighted by atomic mass is 10.2. The van der Waals surface area contributed by atoms with E-state index in [4.69, 9.17) is 167 Å². The van der Waals surface area contributed by atoms with Crippen LogP contribution in [0.4, 0.5) is 0 Å². The highest BCUT2D eigenvalue weighted by atomic mass is 16.6. The Hall–Kier alpha value is -9.12. The largest absolute Gasteiger partial charge is 0.491 e. The normalized spacial score (nSPS) is 10.2. The van der Waals surface area contributed by atoms with Gasteiger partial charge >= 0.3 is 47.8 Å². The standard InChI is InChI=1S/C16H22O5.C15H28O7.C14H26O7.C13H24O6.C12H22O6.C11H20O5.C11H12O2.C10H18O5/c1-14(2)16(17)21-13-11-19-9-8-18-10-12-20-15-6-4-3-5-7-15;1-14(2)15(16)22-13-12-21-11-10-20-9-8-19-7-6-18-5-4-17-3;1-13(2)14(16)21-12-11-20-10-9-19-8-7-18-6-5-17-4-3-15;1-12(2)13(14)19-11-10-18-9-8-17-7-6-16-5-4-15-3;1-11(2)12(14)18-10-9-17-8-7-16-6-5-15-4-3-13;1-10(2)11(12)16-9-8-15-7-6-14-5-4-13-3;1-9(2)11(12)13-8-10-6-4-3-5-7-10;1-9(2)10(12)15-8-7-14-6-5-13-4-3-11/h3-7H,1,8-13H2,2H3;1,4-13H2,2-3H3;15H,1,3-12H2,2H3;1,4-11H2,2-3H3;13H,1,3-10H2,2H3;1,4-9H2,2-3H3;3-7H,1,8H2,2H3;11H,1,3-8H2,2H3. The van der Waals surface area contributed by atoms with Crippen LogP contribution in [-0.4, -0.2) is 441 Å². The van der Waals surface area contributed by atoms with Crippen molar-refractivity contribution in [1.29, 1.82) is 0 Å². The number of carbonyl (C=O) groups excluding carboxylic acids is 8. The van der Waals surface area contributed by atoms with Gasteiger partial charge in [-0.25, -0.2) is 38.4 Å². The number of esters is 8. The summed E-state index contributed by atoms with van der Waals surface area (Å²) in [5.74, 6) is -2.31. The number of methoxy groups -OCH3 is 3. The van der Waals surface area contributed by atoms with E-state index in [1.807, 2.05) is 60.7 Å². The molecule has 0 heterocycles. The van der Waals surface area contributed by atoms with Gasteiger partial charge in [0.05, 0.1) is 304 Å². The third-order valence-electron chi connectivity index (χ3n) is 15.3. The maximum Gasteiger partial charge on any atom is 0.333 e. The first-order valence-corrected chi connectivity index (χ1v) is 47.2. The first-order chi connectivity index (χ1) is 70.0. The first-order valence-electron chi connectivity index (χ1n) is 47.2. The van der Waals surface area contributed by atoms with Crippen LogP contribution in [0.3, 0.4) is 0 Å². The predicted molar refractivity (Wildman–Crippen MR) is 537 cm³/mol. The molecule has 2 aromatic carbocycles. The fourth-order valence-corrected chi connectivity index (χ4v) is 7.99. The molecule has 0 bridgehead atoms. The van der Waals surface area contributed by atoms with Gasteiger partial charge in [0.15, 0.2) is 0 Å². The highest BCUT2D eigenvalue weighted by Crippen LogP contribution is 2.09. The van der Waals surface area contributed by atoms with Crippen molar-refractivity contribution >= 4 is 47.8 Å². The number of para-hydroxylation sites is 1. The van der Waals surface area contributed by atoms with E-state index in [0.717, 1.165) is 11.3 Å². The van der Waals surface area contributed by atoms with Crippen LogP contribution in [-0.2, 0) is 192 Å². The highest BCUT2D eigenvalue weighted by Gasteiger charge is 2.11. The molecule has 0 aliphatic rings. The van der Waals surface area contributed by atoms with Crippen LogP contribution in [0.5, 0.6) is 5.75 Å². The smallest absolute Gasteiger partial charge is 0.333 e. The van der Waals surface area contributed by atoms with Gasteiger partial charge in [0, 0.05) is 65.9 Å². The molecule has 2 rings (SSSR count). The number of hydrogen-bond acceptors (Lipinski definition) is 43. The van der Waals surface area contributed by atoms with E-state index in [1.165, 1.54) is 0 Å². The minimum Gasteiger partial charge on any atom is -0.491 e. The van der Waals surface area contributed by atoms with E-state index in [-0.39, 0.29) is 78.0 Å². The van der Waals surface area contributed by atoms with Crippen LogP contribution >= 0.6 is 0 Å². The summed E-state index contributed by atoms with van der Waals surface area (Å²) in [4.78, 5) is 87.9. The quantitative estimate of drug-likeness (QED) is 0.0252. The maximum atomic E-state index is 11.1. The van der Waals surface area contributed by atoms with Gasteiger partial charge in [0.2, 0.25) is 0 Å². The second-order valence-corrected chi connectivity index (χ2v) is 28.8. The molecule has 3 N–H and O–H groups in total. The fraction of sp³-hybridized carbons (Fsp3) is 0.647. The summed E-state index contributed by atoms with van der Waals surface area (Å²) < 4.78 is 163. The van der Waals surface area contributed by atoms with E-state index in [1.54, 1.807) is 76.7 Å². The van der Waals surface area contributed by atoms with E-state index < -0.39 is 35.8 Å². The Labute approximate surface area is 858 Å². The van der Waals surface area contributed by atoms with E-state index in [9.17, 15) is 38.4 Å². The Balaban J connectivity index is -0.000000382. The zero-order valence-electron chi connectivity index (χ0n) is 88.0. The molecule has 0 saturated carbocycles. The van der Waals surface area contributed by atoms with Gasteiger partial charge in [-0.3, -0.25) is 0 Å². The van der Waals surface area contributed by atoms with Crippen LogP contribution in [0, 0.1) is 0 Å². The molecular weight excluding hydrogens is 1910 g/mol. The van der Waals surface area contributed by atoms with Crippen molar-refractivity contribution in [2.75, 3.05) is 378 Å². The summed E-state index contributed by atoms with van der Waals surface area (Å²) in [5, 5.41) is 25.3. The molecule has 2 aromatic rings. The molecule has 43 nitrogen and oxygen atoms in total. The van der Waals surface area contributed by atoms with Gasteiger partial charge in [-0.2, -0.15) is 0 Å². The van der Waals surface area contributed by atoms with Crippen molar-refractivity contribution in [3.63, 3.8) is 0 Å². The average Bonchev–Trinajstić information content (AvgIpc) is 0.942. The van der Waals surface area contributed by atoms with Crippen molar-refractivity contribution < 1.29 is 205 Å². The Kier molecular flexibility index (Phi) is 121. The van der Waals surface area contributed by atoms with Crippen LogP contribution < -0.4 is 4.74 Å². The number of hydrogen-bond donors (Lipinski definition) is 3. The monoisotopic (exact) mass is 2090 g/mol. The summed E-state index contributed by atoms with van der Waals surface area (Å²) in [6.07, 6.45) is 0. The van der Waals surface area contributed by atoms with Crippen LogP contribution in [0.15, 0.2) is 158 Å². The number of aliphatic hydroxyl groups is 3. The number of carbonyl (C=O) groups is 8. The van der Waals surface area contributed by atoms with Crippen molar-refractivity contribution in [2.45, 2.75) is 62.0 Å². The lowest BCUT2D eigenvalue weighted by Crippen LogP contribution is -2.15. The number of ether oxygens (including phenoxy) is 32. The van der Waals surface area contributed by atoms with Crippen LogP contribution in [0.2, 0.25) is 0 Å². The summed E-state index contributed by atoms with van der Waals surface area (Å²) >= 11 is 0. The lowest BCUT2D eigenvalue weighted by Gasteiger charge is -2.08. The molecule has 0 spiro atoms. The SMILES string of the molecule is C=C(C)C(=O)OCCOCCOCCO.C=C(C)C(=O)OCCOCCOCCOC.C=C(C)C(=O)OCCOCCOCCOCCO.C=C(C)C(=O)OCCOCCOCCOCCOC.C=C(C)C(=O)OCCOCCOCCOCCOCCO.C=C(C)C(=O)OCCOCCOCCOCCOCCOC.C=C(C)C(=O)OCCOCCOCCOc1ccccc1.C=C(C)C(=O)OCc1ccccc1. The molecule has 0 radical (unpaired) electrons. The summed E-state index contributed by atoms with van der Waals surface area (Å²) in [6.45, 7) is 62.8. The second kappa shape index (κ2) is 120. The van der Waals surface area contributed by atoms with Gasteiger partial charge in [0.25, 0.3) is 0 Å². The van der Waals surface area contributed by atoms with Gasteiger partial charge < -0.3 is 167 Å². The van der Waals surface area contributed by atoms with E-state index >= 15 is 0 Å². The molecule has 43 heteroatoms. The maximum absolute atomic E-state index is 11.1. The molecule has 0 aliphatic heterocycles. The summed E-state index contributed by atoms with van der Waals surface area (Å²) in [6, 6.07) is 19.1. The fourth-order valence-electron chi connectivity index (χ4n) is 7.99. The predicted octanol–water partition coefficient (Wildman–Crippen LogP) is 7.37. The van der Waals surface area contributed by atoms with Crippen molar-refractivity contribution in [1.82, 2.24) is 0 Å². The third-order valence-corrected chi connectivity index (χ3v) is 15.3. The number of benzene rings is 2.